The molecule has 8 nitrogen and oxygen atoms in total. The Kier molecular flexibility index (Phi) is 37.0. The lowest BCUT2D eigenvalue weighted by Gasteiger charge is -2.34. The lowest BCUT2D eigenvalue weighted by Crippen LogP contribution is -2.55. The highest BCUT2D eigenvalue weighted by Crippen LogP contribution is 2.16. The minimum atomic E-state index is -1.12. The van der Waals surface area contributed by atoms with Gasteiger partial charge in [-0.3, -0.25) is 9.59 Å². The second kappa shape index (κ2) is 38.2. The van der Waals surface area contributed by atoms with Crippen molar-refractivity contribution in [1.82, 2.24) is 0 Å². The molecule has 320 valence electrons. The molecule has 2 atom stereocenters. The normalized spacial score (nSPS) is 12.8. The van der Waals surface area contributed by atoms with Crippen LogP contribution in [-0.2, 0) is 28.6 Å². The molecule has 0 aliphatic carbocycles. The van der Waals surface area contributed by atoms with Gasteiger partial charge in [-0.15, -0.1) is 0 Å². The average Bonchev–Trinajstić information content (AvgIpc) is 3.12. The molecule has 54 heavy (non-hydrogen) atoms. The molecule has 0 spiro atoms. The summed E-state index contributed by atoms with van der Waals surface area (Å²) in [6.07, 6.45) is 38.4. The predicted molar refractivity (Wildman–Crippen MR) is 222 cm³/mol. The minimum absolute atomic E-state index is 0.0490. The van der Waals surface area contributed by atoms with Gasteiger partial charge in [0.1, 0.15) is 12.6 Å². The summed E-state index contributed by atoms with van der Waals surface area (Å²) in [5, 5.41) is 11.6. The molecule has 0 bridgehead atoms. The van der Waals surface area contributed by atoms with Crippen molar-refractivity contribution in [2.24, 2.45) is 0 Å². The highest BCUT2D eigenvalue weighted by Gasteiger charge is 2.25. The number of aliphatic carboxylic acids is 1. The van der Waals surface area contributed by atoms with Crippen LogP contribution in [-0.4, -0.2) is 75.5 Å². The largest absolute Gasteiger partial charge is 0.544 e. The number of likely N-dealkylation sites (N-methyl/N-ethyl adjacent to an activating group) is 1. The number of carboxylic acid groups (broad SMARTS) is 1. The van der Waals surface area contributed by atoms with Gasteiger partial charge in [-0.25, -0.2) is 0 Å². The second-order valence-corrected chi connectivity index (χ2v) is 17.0. The Morgan fingerprint density at radius 1 is 0.481 bits per heavy atom. The molecule has 0 amide bonds. The quantitative estimate of drug-likeness (QED) is 0.0346. The zero-order valence-electron chi connectivity index (χ0n) is 36.4. The van der Waals surface area contributed by atoms with Crippen molar-refractivity contribution in [2.45, 2.75) is 238 Å². The van der Waals surface area contributed by atoms with E-state index in [-0.39, 0.29) is 42.7 Å². The first-order chi connectivity index (χ1) is 26.1. The van der Waals surface area contributed by atoms with Crippen LogP contribution in [0.2, 0.25) is 0 Å². The second-order valence-electron chi connectivity index (χ2n) is 17.0. The van der Waals surface area contributed by atoms with Crippen molar-refractivity contribution in [1.29, 1.82) is 0 Å². The van der Waals surface area contributed by atoms with Crippen molar-refractivity contribution in [2.75, 3.05) is 41.0 Å². The van der Waals surface area contributed by atoms with Crippen LogP contribution in [0.1, 0.15) is 226 Å². The van der Waals surface area contributed by atoms with Gasteiger partial charge in [0.05, 0.1) is 40.3 Å². The molecule has 0 aliphatic rings. The third-order valence-corrected chi connectivity index (χ3v) is 10.7. The first kappa shape index (κ1) is 52.3. The van der Waals surface area contributed by atoms with Gasteiger partial charge in [0.25, 0.3) is 0 Å². The third-order valence-electron chi connectivity index (χ3n) is 10.7. The Hall–Kier alpha value is -1.67. The van der Waals surface area contributed by atoms with Crippen molar-refractivity contribution in [3.8, 4) is 0 Å². The minimum Gasteiger partial charge on any atom is -0.544 e. The summed E-state index contributed by atoms with van der Waals surface area (Å²) in [5.41, 5.74) is 0. The summed E-state index contributed by atoms with van der Waals surface area (Å²) < 4.78 is 17.2. The summed E-state index contributed by atoms with van der Waals surface area (Å²) in [7, 11) is 5.42. The van der Waals surface area contributed by atoms with Gasteiger partial charge in [0, 0.05) is 19.3 Å². The molecular weight excluding hydrogens is 679 g/mol. The molecular formula is C46H89NO7. The van der Waals surface area contributed by atoms with Gasteiger partial charge >= 0.3 is 11.9 Å². The summed E-state index contributed by atoms with van der Waals surface area (Å²) in [6.45, 7) is 4.69. The van der Waals surface area contributed by atoms with E-state index in [1.165, 1.54) is 154 Å². The number of esters is 2. The number of ether oxygens (including phenoxy) is 3. The Labute approximate surface area is 334 Å². The van der Waals surface area contributed by atoms with Crippen LogP contribution in [0.4, 0.5) is 0 Å². The molecule has 0 radical (unpaired) electrons. The number of carboxylic acids is 1. The fourth-order valence-corrected chi connectivity index (χ4v) is 7.13. The van der Waals surface area contributed by atoms with Gasteiger partial charge in [0.15, 0.2) is 6.10 Å². The van der Waals surface area contributed by atoms with Crippen LogP contribution in [0.15, 0.2) is 0 Å². The lowest BCUT2D eigenvalue weighted by atomic mass is 10.0. The Morgan fingerprint density at radius 3 is 1.15 bits per heavy atom. The number of unbranched alkanes of at least 4 members (excludes halogenated alkanes) is 28. The van der Waals surface area contributed by atoms with E-state index in [2.05, 4.69) is 13.8 Å². The van der Waals surface area contributed by atoms with Crippen LogP contribution in [0, 0.1) is 0 Å². The molecule has 0 aliphatic heterocycles. The van der Waals surface area contributed by atoms with Gasteiger partial charge in [0.2, 0.25) is 0 Å². The summed E-state index contributed by atoms with van der Waals surface area (Å²) in [5.74, 6) is -1.71. The van der Waals surface area contributed by atoms with Gasteiger partial charge in [-0.2, -0.15) is 0 Å². The molecule has 0 fully saturated rings. The summed E-state index contributed by atoms with van der Waals surface area (Å²) in [4.78, 5) is 36.8. The maximum Gasteiger partial charge on any atom is 0.306 e. The fourth-order valence-electron chi connectivity index (χ4n) is 7.13. The number of hydrogen-bond donors (Lipinski definition) is 0. The smallest absolute Gasteiger partial charge is 0.306 e. The molecule has 0 saturated carbocycles. The number of rotatable bonds is 42. The molecule has 0 heterocycles. The van der Waals surface area contributed by atoms with Crippen molar-refractivity contribution < 1.29 is 38.2 Å². The predicted octanol–water partition coefficient (Wildman–Crippen LogP) is 11.2. The highest BCUT2D eigenvalue weighted by atomic mass is 16.6. The Balaban J connectivity index is 4.20. The number of quaternary nitrogens is 1. The lowest BCUT2D eigenvalue weighted by molar-refractivity contribution is -0.889. The van der Waals surface area contributed by atoms with Crippen molar-refractivity contribution in [3.05, 3.63) is 0 Å². The molecule has 2 unspecified atom stereocenters. The Bertz CT molecular complexity index is 858. The van der Waals surface area contributed by atoms with E-state index in [1.54, 1.807) is 21.1 Å². The number of nitrogens with zero attached hydrogens (tertiary/aromatic N) is 1. The van der Waals surface area contributed by atoms with Gasteiger partial charge in [-0.05, 0) is 12.8 Å². The third kappa shape index (κ3) is 36.0. The van der Waals surface area contributed by atoms with E-state index in [4.69, 9.17) is 14.2 Å². The monoisotopic (exact) mass is 768 g/mol. The molecule has 0 aromatic heterocycles. The maximum atomic E-state index is 12.7. The van der Waals surface area contributed by atoms with E-state index >= 15 is 0 Å². The standard InChI is InChI=1S/C46H89NO7/c1-6-8-10-12-14-16-18-19-20-21-22-23-24-25-27-28-30-32-34-36-44(48)53-41-42(40-52-39-38-43(46(50)51)47(3,4)5)54-45(49)37-35-33-31-29-26-17-15-13-11-9-7-2/h42-43H,6-41H2,1-5H3. The summed E-state index contributed by atoms with van der Waals surface area (Å²) in [6, 6.07) is -0.718. The van der Waals surface area contributed by atoms with Crippen molar-refractivity contribution in [3.63, 3.8) is 0 Å². The highest BCUT2D eigenvalue weighted by molar-refractivity contribution is 5.70. The van der Waals surface area contributed by atoms with Crippen LogP contribution in [0.3, 0.4) is 0 Å². The molecule has 0 aromatic rings. The molecule has 0 saturated heterocycles. The molecule has 0 rings (SSSR count). The summed E-state index contributed by atoms with van der Waals surface area (Å²) >= 11 is 0. The van der Waals surface area contributed by atoms with Gasteiger partial charge < -0.3 is 28.6 Å². The van der Waals surface area contributed by atoms with E-state index in [0.29, 0.717) is 12.8 Å². The number of carbonyl (C=O) groups is 3. The topological polar surface area (TPSA) is 102 Å². The van der Waals surface area contributed by atoms with Crippen LogP contribution < -0.4 is 5.11 Å². The van der Waals surface area contributed by atoms with Crippen molar-refractivity contribution >= 4 is 17.9 Å². The fraction of sp³-hybridized carbons (Fsp3) is 0.935. The Morgan fingerprint density at radius 2 is 0.815 bits per heavy atom. The van der Waals surface area contributed by atoms with E-state index in [0.717, 1.165) is 38.5 Å². The molecule has 8 heteroatoms. The SMILES string of the molecule is CCCCCCCCCCCCCCCCCCCCCC(=O)OCC(COCCC(C(=O)[O-])[N+](C)(C)C)OC(=O)CCCCCCCCCCCCC. The van der Waals surface area contributed by atoms with E-state index in [1.807, 2.05) is 0 Å². The molecule has 0 N–H and O–H groups in total. The van der Waals surface area contributed by atoms with Crippen LogP contribution in [0.5, 0.6) is 0 Å². The zero-order chi connectivity index (χ0) is 40.0. The van der Waals surface area contributed by atoms with E-state index < -0.39 is 18.1 Å². The number of carbonyl (C=O) groups excluding carboxylic acids is 3. The first-order valence-electron chi connectivity index (χ1n) is 23.1. The van der Waals surface area contributed by atoms with Gasteiger partial charge in [-0.1, -0.05) is 194 Å². The maximum absolute atomic E-state index is 12.7. The van der Waals surface area contributed by atoms with E-state index in [9.17, 15) is 19.5 Å². The molecule has 0 aromatic carbocycles. The first-order valence-corrected chi connectivity index (χ1v) is 23.1. The number of hydrogen-bond acceptors (Lipinski definition) is 7. The van der Waals surface area contributed by atoms with Crippen LogP contribution in [0.25, 0.3) is 0 Å². The van der Waals surface area contributed by atoms with Crippen LogP contribution >= 0.6 is 0 Å². The zero-order valence-corrected chi connectivity index (χ0v) is 36.4. The average molecular weight is 768 g/mol.